The molecule has 1 aromatic heterocycles. The molecule has 1 N–H and O–H groups in total. The Morgan fingerprint density at radius 1 is 1.12 bits per heavy atom. The van der Waals surface area contributed by atoms with Crippen LogP contribution >= 0.6 is 23.2 Å². The molecule has 6 atom stereocenters. The molecule has 4 aliphatic carbocycles. The minimum atomic E-state index is -1.21. The van der Waals surface area contributed by atoms with Crippen LogP contribution in [0.3, 0.4) is 0 Å². The van der Waals surface area contributed by atoms with Crippen LogP contribution in [0.5, 0.6) is 0 Å². The van der Waals surface area contributed by atoms with Crippen LogP contribution < -0.4 is 5.63 Å². The Labute approximate surface area is 198 Å². The lowest BCUT2D eigenvalue weighted by molar-refractivity contribution is -0.132. The van der Waals surface area contributed by atoms with Crippen LogP contribution in [0.4, 0.5) is 0 Å². The van der Waals surface area contributed by atoms with E-state index in [0.29, 0.717) is 0 Å². The van der Waals surface area contributed by atoms with Gasteiger partial charge in [0.25, 0.3) is 0 Å². The Kier molecular flexibility index (Phi) is 4.63. The fourth-order valence-electron chi connectivity index (χ4n) is 7.81. The summed E-state index contributed by atoms with van der Waals surface area (Å²) in [7, 11) is 0. The fraction of sp³-hybridized carbons (Fsp3) is 0.615. The zero-order valence-corrected chi connectivity index (χ0v) is 20.5. The standard InChI is InChI=1S/C26H30Cl2O4/c1-22(2)18-7-6-17-16(23(18,3)11-10-19(22)29)9-12-24(4)21(15-5-8-20(30)32-13-15)26(27,28)14-25(17,24)31/h5-6,8,10-11,13,16,18,21,31H,7,9,12,14H2,1-4H3/t16-,18-,21+,23+,24+,25-/m0/s1. The number of alkyl halides is 2. The molecule has 4 nitrogen and oxygen atoms in total. The van der Waals surface area contributed by atoms with E-state index in [-0.39, 0.29) is 35.4 Å². The first-order valence-corrected chi connectivity index (χ1v) is 12.2. The van der Waals surface area contributed by atoms with Crippen molar-refractivity contribution in [1.29, 1.82) is 0 Å². The van der Waals surface area contributed by atoms with Crippen molar-refractivity contribution in [3.05, 3.63) is 58.2 Å². The summed E-state index contributed by atoms with van der Waals surface area (Å²) in [5.41, 5.74) is -1.17. The minimum absolute atomic E-state index is 0.111. The van der Waals surface area contributed by atoms with Gasteiger partial charge in [0.2, 0.25) is 0 Å². The van der Waals surface area contributed by atoms with Gasteiger partial charge in [0, 0.05) is 29.2 Å². The third kappa shape index (κ3) is 2.66. The average molecular weight is 477 g/mol. The van der Waals surface area contributed by atoms with Crippen molar-refractivity contribution < 1.29 is 14.3 Å². The highest BCUT2D eigenvalue weighted by atomic mass is 35.5. The predicted octanol–water partition coefficient (Wildman–Crippen LogP) is 5.57. The van der Waals surface area contributed by atoms with Gasteiger partial charge in [-0.3, -0.25) is 4.79 Å². The third-order valence-corrected chi connectivity index (χ3v) is 10.2. The van der Waals surface area contributed by atoms with E-state index in [9.17, 15) is 14.7 Å². The molecule has 2 fully saturated rings. The molecule has 1 heterocycles. The normalized spacial score (nSPS) is 43.8. The SMILES string of the molecule is CC1(C)C(=O)C=C[C@]2(C)[C@H]3CC[C@]4(C)[C@@H](c5ccc(=O)oc5)C(Cl)(Cl)C[C@]4(O)C3=CC[C@@H]12. The number of aliphatic hydroxyl groups is 1. The first-order chi connectivity index (χ1) is 14.8. The van der Waals surface area contributed by atoms with Crippen LogP contribution in [-0.2, 0) is 4.79 Å². The lowest BCUT2D eigenvalue weighted by Gasteiger charge is -2.60. The second-order valence-electron chi connectivity index (χ2n) is 11.4. The number of carbonyl (C=O) groups excluding carboxylic acids is 1. The topological polar surface area (TPSA) is 67.5 Å². The highest BCUT2D eigenvalue weighted by Gasteiger charge is 2.72. The summed E-state index contributed by atoms with van der Waals surface area (Å²) in [5, 5.41) is 12.4. The van der Waals surface area contributed by atoms with Crippen LogP contribution in [0.1, 0.15) is 64.9 Å². The van der Waals surface area contributed by atoms with E-state index in [1.807, 2.05) is 13.8 Å². The zero-order valence-electron chi connectivity index (χ0n) is 19.0. The summed E-state index contributed by atoms with van der Waals surface area (Å²) < 4.78 is 3.92. The molecular weight excluding hydrogens is 447 g/mol. The molecule has 0 aromatic carbocycles. The van der Waals surface area contributed by atoms with Gasteiger partial charge >= 0.3 is 5.63 Å². The molecule has 0 spiro atoms. The maximum atomic E-state index is 12.7. The van der Waals surface area contributed by atoms with E-state index >= 15 is 0 Å². The smallest absolute Gasteiger partial charge is 0.335 e. The highest BCUT2D eigenvalue weighted by molar-refractivity contribution is 6.49. The fourth-order valence-corrected chi connectivity index (χ4v) is 8.93. The quantitative estimate of drug-likeness (QED) is 0.425. The van der Waals surface area contributed by atoms with Crippen LogP contribution in [0.2, 0.25) is 0 Å². The van der Waals surface area contributed by atoms with Gasteiger partial charge in [-0.15, -0.1) is 23.2 Å². The van der Waals surface area contributed by atoms with Crippen LogP contribution in [0.25, 0.3) is 0 Å². The summed E-state index contributed by atoms with van der Waals surface area (Å²) in [5.74, 6) is 0.0642. The molecule has 0 bridgehead atoms. The van der Waals surface area contributed by atoms with E-state index in [2.05, 4.69) is 26.0 Å². The third-order valence-electron chi connectivity index (χ3n) is 9.53. The molecule has 0 aliphatic heterocycles. The van der Waals surface area contributed by atoms with E-state index in [1.54, 1.807) is 12.1 Å². The Morgan fingerprint density at radius 3 is 2.50 bits per heavy atom. The van der Waals surface area contributed by atoms with Crippen molar-refractivity contribution in [2.24, 2.45) is 28.1 Å². The first kappa shape index (κ1) is 22.4. The lowest BCUT2D eigenvalue weighted by Crippen LogP contribution is -2.58. The summed E-state index contributed by atoms with van der Waals surface area (Å²) in [4.78, 5) is 24.2. The molecule has 5 rings (SSSR count). The Hall–Kier alpha value is -1.36. The number of ketones is 1. The van der Waals surface area contributed by atoms with Gasteiger partial charge in [0.15, 0.2) is 5.78 Å². The number of allylic oxidation sites excluding steroid dienone is 3. The van der Waals surface area contributed by atoms with Gasteiger partial charge in [-0.2, -0.15) is 0 Å². The molecule has 32 heavy (non-hydrogen) atoms. The van der Waals surface area contributed by atoms with Crippen LogP contribution in [-0.4, -0.2) is 20.8 Å². The predicted molar refractivity (Wildman–Crippen MR) is 125 cm³/mol. The van der Waals surface area contributed by atoms with Gasteiger partial charge in [-0.05, 0) is 59.8 Å². The summed E-state index contributed by atoms with van der Waals surface area (Å²) >= 11 is 13.9. The Bertz CT molecular complexity index is 1090. The maximum absolute atomic E-state index is 12.7. The molecule has 2 saturated carbocycles. The Balaban J connectivity index is 1.63. The number of hydrogen-bond acceptors (Lipinski definition) is 4. The van der Waals surface area contributed by atoms with Crippen molar-refractivity contribution in [2.75, 3.05) is 0 Å². The average Bonchev–Trinajstić information content (AvgIpc) is 2.87. The van der Waals surface area contributed by atoms with E-state index in [0.717, 1.165) is 30.4 Å². The van der Waals surface area contributed by atoms with Gasteiger partial charge in [-0.25, -0.2) is 4.79 Å². The van der Waals surface area contributed by atoms with Gasteiger partial charge in [-0.1, -0.05) is 39.8 Å². The molecule has 4 aliphatic rings. The molecular formula is C26H30Cl2O4. The van der Waals surface area contributed by atoms with Gasteiger partial charge in [0.05, 0.1) is 11.9 Å². The molecule has 0 unspecified atom stereocenters. The molecule has 0 saturated heterocycles. The first-order valence-electron chi connectivity index (χ1n) is 11.4. The van der Waals surface area contributed by atoms with Crippen molar-refractivity contribution in [3.63, 3.8) is 0 Å². The zero-order chi connectivity index (χ0) is 23.3. The van der Waals surface area contributed by atoms with Crippen molar-refractivity contribution in [3.8, 4) is 0 Å². The Morgan fingerprint density at radius 2 is 1.84 bits per heavy atom. The van der Waals surface area contributed by atoms with Gasteiger partial charge in [0.1, 0.15) is 4.33 Å². The summed E-state index contributed by atoms with van der Waals surface area (Å²) in [6.07, 6.45) is 9.95. The van der Waals surface area contributed by atoms with E-state index < -0.39 is 26.4 Å². The number of halogens is 2. The second-order valence-corrected chi connectivity index (χ2v) is 12.9. The molecule has 172 valence electrons. The van der Waals surface area contributed by atoms with Crippen molar-refractivity contribution in [1.82, 2.24) is 0 Å². The largest absolute Gasteiger partial charge is 0.431 e. The summed E-state index contributed by atoms with van der Waals surface area (Å²) in [6.45, 7) is 8.38. The second kappa shape index (κ2) is 6.61. The summed E-state index contributed by atoms with van der Waals surface area (Å²) in [6, 6.07) is 3.09. The monoisotopic (exact) mass is 476 g/mol. The van der Waals surface area contributed by atoms with Gasteiger partial charge < -0.3 is 9.52 Å². The van der Waals surface area contributed by atoms with E-state index in [1.165, 1.54) is 12.3 Å². The number of fused-ring (bicyclic) bond motifs is 5. The van der Waals surface area contributed by atoms with Crippen molar-refractivity contribution >= 4 is 29.0 Å². The van der Waals surface area contributed by atoms with Crippen molar-refractivity contribution in [2.45, 2.75) is 69.2 Å². The number of hydrogen-bond donors (Lipinski definition) is 1. The lowest BCUT2D eigenvalue weighted by atomic mass is 9.44. The van der Waals surface area contributed by atoms with Crippen LogP contribution in [0, 0.1) is 28.1 Å². The van der Waals surface area contributed by atoms with Crippen LogP contribution in [0.15, 0.2) is 51.4 Å². The molecule has 0 amide bonds. The number of rotatable bonds is 1. The molecule has 0 radical (unpaired) electrons. The molecule has 6 heteroatoms. The minimum Gasteiger partial charge on any atom is -0.431 e. The highest BCUT2D eigenvalue weighted by Crippen LogP contribution is 2.73. The molecule has 1 aromatic rings. The van der Waals surface area contributed by atoms with E-state index in [4.69, 9.17) is 27.6 Å². The maximum Gasteiger partial charge on any atom is 0.335 e. The number of carbonyl (C=O) groups is 1.